The first kappa shape index (κ1) is 26.5. The summed E-state index contributed by atoms with van der Waals surface area (Å²) < 4.78 is 13.1. The predicted octanol–water partition coefficient (Wildman–Crippen LogP) is 5.35. The highest BCUT2D eigenvalue weighted by Gasteiger charge is 2.23. The first-order valence-electron chi connectivity index (χ1n) is 12.0. The standard InChI is InChI=1S/C27H25BrN4O4S2/c1-35-19-11-12-21(36-2)16(13-19)14-29-31-23(33)15-37-27-30-25-24(20-5-3-4-6-22(20)38-25)26(34)32(27)18-9-7-17(28)8-10-18/h7-14H,3-6,15H2,1-2H3,(H,31,33). The summed E-state index contributed by atoms with van der Waals surface area (Å²) in [6.07, 6.45) is 5.59. The number of halogens is 1. The van der Waals surface area contributed by atoms with E-state index in [1.807, 2.05) is 24.3 Å². The summed E-state index contributed by atoms with van der Waals surface area (Å²) in [6.45, 7) is 0. The zero-order chi connectivity index (χ0) is 26.6. The van der Waals surface area contributed by atoms with Gasteiger partial charge in [-0.3, -0.25) is 14.2 Å². The monoisotopic (exact) mass is 612 g/mol. The number of rotatable bonds is 8. The number of thioether (sulfide) groups is 1. The van der Waals surface area contributed by atoms with Gasteiger partial charge in [0.05, 0.1) is 37.3 Å². The van der Waals surface area contributed by atoms with Crippen LogP contribution in [0.2, 0.25) is 0 Å². The Morgan fingerprint density at radius 1 is 1.18 bits per heavy atom. The number of amides is 1. The minimum absolute atomic E-state index is 0.0339. The molecule has 11 heteroatoms. The number of aryl methyl sites for hydroxylation is 2. The Morgan fingerprint density at radius 3 is 2.74 bits per heavy atom. The minimum Gasteiger partial charge on any atom is -0.497 e. The summed E-state index contributed by atoms with van der Waals surface area (Å²) in [5.41, 5.74) is 4.95. The molecule has 4 aromatic rings. The highest BCUT2D eigenvalue weighted by molar-refractivity contribution is 9.10. The van der Waals surface area contributed by atoms with Gasteiger partial charge in [-0.25, -0.2) is 10.4 Å². The van der Waals surface area contributed by atoms with E-state index in [0.717, 1.165) is 40.5 Å². The molecule has 0 atom stereocenters. The first-order chi connectivity index (χ1) is 18.5. The molecule has 8 nitrogen and oxygen atoms in total. The molecule has 1 N–H and O–H groups in total. The van der Waals surface area contributed by atoms with Crippen molar-refractivity contribution in [2.24, 2.45) is 5.10 Å². The van der Waals surface area contributed by atoms with Crippen molar-refractivity contribution in [2.75, 3.05) is 20.0 Å². The van der Waals surface area contributed by atoms with Crippen molar-refractivity contribution in [3.05, 3.63) is 73.3 Å². The molecule has 0 fully saturated rings. The molecule has 0 radical (unpaired) electrons. The third kappa shape index (κ3) is 5.50. The lowest BCUT2D eigenvalue weighted by atomic mass is 9.97. The topological polar surface area (TPSA) is 94.8 Å². The maximum atomic E-state index is 13.8. The molecular formula is C27H25BrN4O4S2. The zero-order valence-electron chi connectivity index (χ0n) is 20.8. The van der Waals surface area contributed by atoms with Crippen molar-refractivity contribution < 1.29 is 14.3 Å². The van der Waals surface area contributed by atoms with E-state index in [4.69, 9.17) is 14.5 Å². The van der Waals surface area contributed by atoms with Gasteiger partial charge in [0.2, 0.25) is 0 Å². The van der Waals surface area contributed by atoms with Crippen LogP contribution >= 0.6 is 39.0 Å². The van der Waals surface area contributed by atoms with Gasteiger partial charge in [0.1, 0.15) is 16.3 Å². The quantitative estimate of drug-likeness (QED) is 0.125. The van der Waals surface area contributed by atoms with E-state index < -0.39 is 0 Å². The van der Waals surface area contributed by atoms with Crippen LogP contribution in [0.25, 0.3) is 15.9 Å². The minimum atomic E-state index is -0.324. The van der Waals surface area contributed by atoms with Gasteiger partial charge in [-0.1, -0.05) is 27.7 Å². The van der Waals surface area contributed by atoms with Crippen molar-refractivity contribution in [1.82, 2.24) is 15.0 Å². The number of hydrazone groups is 1. The average Bonchev–Trinajstić information content (AvgIpc) is 3.31. The molecule has 5 rings (SSSR count). The van der Waals surface area contributed by atoms with Crippen LogP contribution in [-0.2, 0) is 17.6 Å². The summed E-state index contributed by atoms with van der Waals surface area (Å²) in [6, 6.07) is 12.8. The van der Waals surface area contributed by atoms with Crippen LogP contribution < -0.4 is 20.5 Å². The second-order valence-corrected chi connectivity index (χ2v) is 11.5. The smallest absolute Gasteiger partial charge is 0.267 e. The zero-order valence-corrected chi connectivity index (χ0v) is 24.0. The number of hydrogen-bond acceptors (Lipinski definition) is 8. The highest BCUT2D eigenvalue weighted by Crippen LogP contribution is 2.35. The molecule has 0 aliphatic heterocycles. The largest absolute Gasteiger partial charge is 0.497 e. The average molecular weight is 614 g/mol. The molecule has 2 heterocycles. The van der Waals surface area contributed by atoms with Crippen LogP contribution in [0.4, 0.5) is 0 Å². The van der Waals surface area contributed by atoms with Gasteiger partial charge in [0, 0.05) is 14.9 Å². The van der Waals surface area contributed by atoms with E-state index >= 15 is 0 Å². The number of aromatic nitrogens is 2. The molecule has 0 bridgehead atoms. The molecular weight excluding hydrogens is 588 g/mol. The molecule has 1 amide bonds. The number of thiophene rings is 1. The molecule has 38 heavy (non-hydrogen) atoms. The first-order valence-corrected chi connectivity index (χ1v) is 14.6. The third-order valence-electron chi connectivity index (χ3n) is 6.21. The Bertz CT molecular complexity index is 1580. The van der Waals surface area contributed by atoms with Crippen LogP contribution in [0.3, 0.4) is 0 Å². The van der Waals surface area contributed by atoms with Crippen LogP contribution in [0.15, 0.2) is 62.0 Å². The molecule has 1 aliphatic rings. The maximum Gasteiger partial charge on any atom is 0.267 e. The number of hydrogen-bond donors (Lipinski definition) is 1. The summed E-state index contributed by atoms with van der Waals surface area (Å²) in [5, 5.41) is 5.25. The number of methoxy groups -OCH3 is 2. The third-order valence-corrected chi connectivity index (χ3v) is 8.86. The van der Waals surface area contributed by atoms with Crippen LogP contribution in [0, 0.1) is 0 Å². The number of benzene rings is 2. The van der Waals surface area contributed by atoms with Crippen molar-refractivity contribution in [3.8, 4) is 17.2 Å². The second kappa shape index (κ2) is 11.7. The molecule has 2 aromatic carbocycles. The predicted molar refractivity (Wildman–Crippen MR) is 156 cm³/mol. The molecule has 0 spiro atoms. The number of fused-ring (bicyclic) bond motifs is 3. The van der Waals surface area contributed by atoms with Gasteiger partial charge < -0.3 is 9.47 Å². The Morgan fingerprint density at radius 2 is 1.97 bits per heavy atom. The molecule has 196 valence electrons. The Balaban J connectivity index is 1.40. The fourth-order valence-electron chi connectivity index (χ4n) is 4.38. The molecule has 0 unspecified atom stereocenters. The number of carbonyl (C=O) groups excluding carboxylic acids is 1. The van der Waals surface area contributed by atoms with Gasteiger partial charge in [-0.15, -0.1) is 11.3 Å². The SMILES string of the molecule is COc1ccc(OC)c(C=NNC(=O)CSc2nc3sc4c(c3c(=O)n2-c2ccc(Br)cc2)CCCC4)c1. The van der Waals surface area contributed by atoms with Gasteiger partial charge in [-0.05, 0) is 73.7 Å². The summed E-state index contributed by atoms with van der Waals surface area (Å²) in [4.78, 5) is 33.3. The fraction of sp³-hybridized carbons (Fsp3) is 0.259. The lowest BCUT2D eigenvalue weighted by Crippen LogP contribution is -2.24. The van der Waals surface area contributed by atoms with Gasteiger partial charge in [0.15, 0.2) is 5.16 Å². The van der Waals surface area contributed by atoms with Crippen LogP contribution in [-0.4, -0.2) is 41.6 Å². The Labute approximate surface area is 236 Å². The highest BCUT2D eigenvalue weighted by atomic mass is 79.9. The normalized spacial score (nSPS) is 13.0. The van der Waals surface area contributed by atoms with E-state index in [2.05, 4.69) is 26.5 Å². The Kier molecular flexibility index (Phi) is 8.15. The van der Waals surface area contributed by atoms with Crippen LogP contribution in [0.5, 0.6) is 11.5 Å². The summed E-state index contributed by atoms with van der Waals surface area (Å²) in [5.74, 6) is 0.964. The lowest BCUT2D eigenvalue weighted by Gasteiger charge is -2.13. The number of ether oxygens (including phenoxy) is 2. The number of carbonyl (C=O) groups is 1. The number of nitrogens with zero attached hydrogens (tertiary/aromatic N) is 3. The lowest BCUT2D eigenvalue weighted by molar-refractivity contribution is -0.118. The fourth-order valence-corrected chi connectivity index (χ4v) is 6.75. The van der Waals surface area contributed by atoms with Crippen molar-refractivity contribution in [1.29, 1.82) is 0 Å². The van der Waals surface area contributed by atoms with E-state index in [1.54, 1.807) is 48.3 Å². The van der Waals surface area contributed by atoms with E-state index in [1.165, 1.54) is 22.9 Å². The van der Waals surface area contributed by atoms with Crippen molar-refractivity contribution >= 4 is 61.4 Å². The molecule has 2 aromatic heterocycles. The van der Waals surface area contributed by atoms with Crippen molar-refractivity contribution in [2.45, 2.75) is 30.8 Å². The molecule has 0 saturated carbocycles. The summed E-state index contributed by atoms with van der Waals surface area (Å²) in [7, 11) is 3.14. The summed E-state index contributed by atoms with van der Waals surface area (Å²) >= 11 is 6.26. The number of nitrogens with one attached hydrogen (secondary N) is 1. The van der Waals surface area contributed by atoms with Gasteiger partial charge in [-0.2, -0.15) is 5.10 Å². The van der Waals surface area contributed by atoms with E-state index in [-0.39, 0.29) is 17.2 Å². The molecule has 0 saturated heterocycles. The Hall–Kier alpha value is -3.15. The van der Waals surface area contributed by atoms with Gasteiger partial charge >= 0.3 is 0 Å². The van der Waals surface area contributed by atoms with Crippen molar-refractivity contribution in [3.63, 3.8) is 0 Å². The van der Waals surface area contributed by atoms with Crippen LogP contribution in [0.1, 0.15) is 28.8 Å². The molecule has 1 aliphatic carbocycles. The second-order valence-electron chi connectivity index (χ2n) is 8.59. The van der Waals surface area contributed by atoms with E-state index in [9.17, 15) is 9.59 Å². The van der Waals surface area contributed by atoms with Gasteiger partial charge in [0.25, 0.3) is 11.5 Å². The van der Waals surface area contributed by atoms with E-state index in [0.29, 0.717) is 33.3 Å². The maximum absolute atomic E-state index is 13.8.